The van der Waals surface area contributed by atoms with E-state index in [0.29, 0.717) is 23.0 Å². The quantitative estimate of drug-likeness (QED) is 0.655. The van der Waals surface area contributed by atoms with E-state index >= 15 is 0 Å². The van der Waals surface area contributed by atoms with Crippen molar-refractivity contribution in [3.63, 3.8) is 0 Å². The number of benzene rings is 1. The van der Waals surface area contributed by atoms with Crippen LogP contribution in [0.2, 0.25) is 0 Å². The van der Waals surface area contributed by atoms with Crippen molar-refractivity contribution in [2.24, 2.45) is 0 Å². The number of piperidine rings is 1. The van der Waals surface area contributed by atoms with Crippen LogP contribution in [0.25, 0.3) is 0 Å². The Labute approximate surface area is 146 Å². The molecule has 0 radical (unpaired) electrons. The van der Waals surface area contributed by atoms with Crippen molar-refractivity contribution in [2.75, 3.05) is 12.8 Å². The fraction of sp³-hybridized carbons (Fsp3) is 0.556. The molecule has 6 heteroatoms. The molecule has 0 aliphatic carbocycles. The van der Waals surface area contributed by atoms with Gasteiger partial charge >= 0.3 is 0 Å². The maximum Gasteiger partial charge on any atom is 0.232 e. The van der Waals surface area contributed by atoms with Gasteiger partial charge in [0.25, 0.3) is 0 Å². The van der Waals surface area contributed by atoms with Crippen LogP contribution in [0, 0.1) is 5.82 Å². The summed E-state index contributed by atoms with van der Waals surface area (Å²) in [6, 6.07) is 5.91. The summed E-state index contributed by atoms with van der Waals surface area (Å²) >= 11 is 1.31. The zero-order valence-corrected chi connectivity index (χ0v) is 14.9. The minimum absolute atomic E-state index is 0.0716. The maximum atomic E-state index is 13.8. The number of carbonyl (C=O) groups excluding carboxylic acids is 2. The number of amides is 1. The number of fused-ring (bicyclic) bond motifs is 2. The second-order valence-corrected chi connectivity index (χ2v) is 7.80. The van der Waals surface area contributed by atoms with Gasteiger partial charge in [-0.2, -0.15) is 0 Å². The van der Waals surface area contributed by atoms with Crippen LogP contribution in [0.3, 0.4) is 0 Å². The monoisotopic (exact) mass is 350 g/mol. The SMILES string of the molecule is CC(=O)c1ccc(SCC(=O)N(C)C2CC3CCC(C2)N3)cc1F. The van der Waals surface area contributed by atoms with Crippen LogP contribution in [0.15, 0.2) is 23.1 Å². The van der Waals surface area contributed by atoms with Crippen LogP contribution in [-0.2, 0) is 4.79 Å². The molecule has 2 fully saturated rings. The minimum atomic E-state index is -0.525. The number of carbonyl (C=O) groups is 2. The molecule has 1 aromatic carbocycles. The van der Waals surface area contributed by atoms with Crippen molar-refractivity contribution in [1.29, 1.82) is 0 Å². The van der Waals surface area contributed by atoms with E-state index in [0.717, 1.165) is 12.8 Å². The molecule has 1 N–H and O–H groups in total. The van der Waals surface area contributed by atoms with Crippen LogP contribution < -0.4 is 5.32 Å². The molecule has 2 bridgehead atoms. The number of thioether (sulfide) groups is 1. The highest BCUT2D eigenvalue weighted by molar-refractivity contribution is 8.00. The zero-order valence-electron chi connectivity index (χ0n) is 14.0. The first-order valence-corrected chi connectivity index (χ1v) is 9.37. The van der Waals surface area contributed by atoms with E-state index < -0.39 is 5.82 Å². The second kappa shape index (κ2) is 7.23. The number of rotatable bonds is 5. The molecule has 2 saturated heterocycles. The number of hydrogen-bond donors (Lipinski definition) is 1. The lowest BCUT2D eigenvalue weighted by molar-refractivity contribution is -0.129. The van der Waals surface area contributed by atoms with Gasteiger partial charge < -0.3 is 10.2 Å². The highest BCUT2D eigenvalue weighted by atomic mass is 32.2. The Morgan fingerprint density at radius 3 is 2.54 bits per heavy atom. The number of Topliss-reactive ketones (excluding diaryl/α,β-unsaturated/α-hetero) is 1. The van der Waals surface area contributed by atoms with Crippen molar-refractivity contribution in [2.45, 2.75) is 55.6 Å². The summed E-state index contributed by atoms with van der Waals surface area (Å²) < 4.78 is 13.8. The molecule has 2 unspecified atom stereocenters. The molecule has 0 saturated carbocycles. The summed E-state index contributed by atoms with van der Waals surface area (Å²) in [5.74, 6) is -0.458. The van der Waals surface area contributed by atoms with Crippen LogP contribution in [0.4, 0.5) is 4.39 Å². The van der Waals surface area contributed by atoms with E-state index in [1.54, 1.807) is 6.07 Å². The Bertz CT molecular complexity index is 640. The van der Waals surface area contributed by atoms with Gasteiger partial charge in [-0.3, -0.25) is 9.59 Å². The Balaban J connectivity index is 1.55. The predicted molar refractivity (Wildman–Crippen MR) is 92.9 cm³/mol. The molecule has 3 rings (SSSR count). The topological polar surface area (TPSA) is 49.4 Å². The maximum absolute atomic E-state index is 13.8. The molecule has 24 heavy (non-hydrogen) atoms. The first kappa shape index (κ1) is 17.4. The molecule has 2 aliphatic heterocycles. The Hall–Kier alpha value is -1.40. The highest BCUT2D eigenvalue weighted by Gasteiger charge is 2.36. The molecule has 0 aromatic heterocycles. The number of ketones is 1. The van der Waals surface area contributed by atoms with Crippen LogP contribution in [0.5, 0.6) is 0 Å². The lowest BCUT2D eigenvalue weighted by Crippen LogP contribution is -2.49. The molecule has 1 amide bonds. The summed E-state index contributed by atoms with van der Waals surface area (Å²) in [7, 11) is 1.87. The highest BCUT2D eigenvalue weighted by Crippen LogP contribution is 2.30. The fourth-order valence-corrected chi connectivity index (χ4v) is 4.51. The zero-order chi connectivity index (χ0) is 17.3. The second-order valence-electron chi connectivity index (χ2n) is 6.75. The van der Waals surface area contributed by atoms with Crippen molar-refractivity contribution in [3.8, 4) is 0 Å². The fourth-order valence-electron chi connectivity index (χ4n) is 3.67. The Kier molecular flexibility index (Phi) is 5.25. The van der Waals surface area contributed by atoms with E-state index in [4.69, 9.17) is 0 Å². The van der Waals surface area contributed by atoms with Gasteiger partial charge in [-0.15, -0.1) is 11.8 Å². The summed E-state index contributed by atoms with van der Waals surface area (Å²) in [4.78, 5) is 26.2. The van der Waals surface area contributed by atoms with E-state index in [1.807, 2.05) is 11.9 Å². The molecule has 0 spiro atoms. The number of hydrogen-bond acceptors (Lipinski definition) is 4. The van der Waals surface area contributed by atoms with Gasteiger partial charge in [-0.25, -0.2) is 4.39 Å². The smallest absolute Gasteiger partial charge is 0.232 e. The largest absolute Gasteiger partial charge is 0.342 e. The molecular formula is C18H23FN2O2S. The van der Waals surface area contributed by atoms with Crippen LogP contribution in [-0.4, -0.2) is 47.5 Å². The van der Waals surface area contributed by atoms with Gasteiger partial charge in [0.05, 0.1) is 11.3 Å². The summed E-state index contributed by atoms with van der Waals surface area (Å²) in [5, 5.41) is 3.58. The normalized spacial score (nSPS) is 25.5. The van der Waals surface area contributed by atoms with Crippen molar-refractivity contribution >= 4 is 23.5 Å². The number of nitrogens with zero attached hydrogens (tertiary/aromatic N) is 1. The average molecular weight is 350 g/mol. The summed E-state index contributed by atoms with van der Waals surface area (Å²) in [6.07, 6.45) is 4.45. The molecule has 2 aliphatic rings. The summed E-state index contributed by atoms with van der Waals surface area (Å²) in [5.41, 5.74) is 0.0907. The molecule has 1 aromatic rings. The van der Waals surface area contributed by atoms with Gasteiger partial charge in [0.15, 0.2) is 5.78 Å². The summed E-state index contributed by atoms with van der Waals surface area (Å²) in [6.45, 7) is 1.34. The van der Waals surface area contributed by atoms with Gasteiger partial charge in [0.2, 0.25) is 5.91 Å². The van der Waals surface area contributed by atoms with Crippen LogP contribution in [0.1, 0.15) is 43.0 Å². The van der Waals surface area contributed by atoms with E-state index in [-0.39, 0.29) is 23.0 Å². The molecule has 130 valence electrons. The molecular weight excluding hydrogens is 327 g/mol. The van der Waals surface area contributed by atoms with Crippen LogP contribution >= 0.6 is 11.8 Å². The third-order valence-corrected chi connectivity index (χ3v) is 6.05. The van der Waals surface area contributed by atoms with E-state index in [2.05, 4.69) is 5.32 Å². The third kappa shape index (κ3) is 3.81. The van der Waals surface area contributed by atoms with Gasteiger partial charge in [0, 0.05) is 30.1 Å². The molecule has 2 atom stereocenters. The van der Waals surface area contributed by atoms with E-state index in [9.17, 15) is 14.0 Å². The lowest BCUT2D eigenvalue weighted by Gasteiger charge is -2.35. The van der Waals surface area contributed by atoms with Gasteiger partial charge in [-0.05, 0) is 50.8 Å². The van der Waals surface area contributed by atoms with E-state index in [1.165, 1.54) is 43.7 Å². The third-order valence-electron chi connectivity index (χ3n) is 5.07. The first-order valence-electron chi connectivity index (χ1n) is 8.39. The number of halogens is 1. The standard InChI is InChI=1S/C18H23FN2O2S/c1-11(22)16-6-5-15(9-17(16)19)24-10-18(23)21(2)14-7-12-3-4-13(8-14)20-12/h5-6,9,12-14,20H,3-4,7-8,10H2,1-2H3. The predicted octanol–water partition coefficient (Wildman–Crippen LogP) is 2.86. The Morgan fingerprint density at radius 1 is 1.29 bits per heavy atom. The first-order chi connectivity index (χ1) is 11.4. The minimum Gasteiger partial charge on any atom is -0.342 e. The van der Waals surface area contributed by atoms with Crippen molar-refractivity contribution in [3.05, 3.63) is 29.6 Å². The van der Waals surface area contributed by atoms with Crippen molar-refractivity contribution < 1.29 is 14.0 Å². The molecule has 2 heterocycles. The van der Waals surface area contributed by atoms with Gasteiger partial charge in [-0.1, -0.05) is 0 Å². The molecule has 4 nitrogen and oxygen atoms in total. The Morgan fingerprint density at radius 2 is 1.96 bits per heavy atom. The van der Waals surface area contributed by atoms with Gasteiger partial charge in [0.1, 0.15) is 5.82 Å². The average Bonchev–Trinajstić information content (AvgIpc) is 2.89. The lowest BCUT2D eigenvalue weighted by atomic mass is 9.98. The number of nitrogens with one attached hydrogen (secondary N) is 1. The van der Waals surface area contributed by atoms with Crippen molar-refractivity contribution in [1.82, 2.24) is 10.2 Å².